The molecule has 3 aromatic rings. The third-order valence-electron chi connectivity index (χ3n) is 2.97. The Morgan fingerprint density at radius 1 is 1.45 bits per heavy atom. The summed E-state index contributed by atoms with van der Waals surface area (Å²) in [7, 11) is 0. The third kappa shape index (κ3) is 2.34. The Morgan fingerprint density at radius 2 is 2.30 bits per heavy atom. The Balaban J connectivity index is 1.94. The van der Waals surface area contributed by atoms with E-state index in [1.807, 2.05) is 35.9 Å². The number of rotatable bonds is 3. The number of benzene rings is 1. The molecule has 7 heteroatoms. The van der Waals surface area contributed by atoms with Crippen LogP contribution in [0.1, 0.15) is 17.4 Å². The summed E-state index contributed by atoms with van der Waals surface area (Å²) in [5.41, 5.74) is 2.81. The van der Waals surface area contributed by atoms with Crippen molar-refractivity contribution in [1.29, 1.82) is 0 Å². The van der Waals surface area contributed by atoms with Crippen molar-refractivity contribution in [2.24, 2.45) is 0 Å². The van der Waals surface area contributed by atoms with Gasteiger partial charge in [-0.2, -0.15) is 8.75 Å². The Morgan fingerprint density at radius 3 is 3.10 bits per heavy atom. The minimum Gasteiger partial charge on any atom is -0.343 e. The third-order valence-corrected chi connectivity index (χ3v) is 3.95. The fourth-order valence-electron chi connectivity index (χ4n) is 2.02. The van der Waals surface area contributed by atoms with Crippen LogP contribution in [0.4, 0.5) is 5.69 Å². The first-order valence-electron chi connectivity index (χ1n) is 6.07. The molecule has 3 rings (SSSR count). The van der Waals surface area contributed by atoms with E-state index >= 15 is 0 Å². The number of aromatic nitrogens is 3. The molecular weight excluding hydrogens is 340 g/mol. The highest BCUT2D eigenvalue weighted by Gasteiger charge is 2.14. The first-order chi connectivity index (χ1) is 9.69. The summed E-state index contributed by atoms with van der Waals surface area (Å²) in [5.74, 6) is -0.155. The molecule has 0 unspecified atom stereocenters. The standard InChI is InChI=1S/C13H11BrN4OS/c1-2-18-7-8(14)6-11(18)13(19)15-9-4-3-5-10-12(9)17-20-16-10/h3-7H,2H2,1H3,(H,15,19). The first kappa shape index (κ1) is 13.3. The number of amides is 1. The molecule has 2 heterocycles. The van der Waals surface area contributed by atoms with Gasteiger partial charge < -0.3 is 9.88 Å². The van der Waals surface area contributed by atoms with Crippen molar-refractivity contribution in [3.8, 4) is 0 Å². The molecule has 2 aromatic heterocycles. The van der Waals surface area contributed by atoms with E-state index in [1.165, 1.54) is 0 Å². The van der Waals surface area contributed by atoms with Crippen LogP contribution >= 0.6 is 27.7 Å². The molecule has 0 fully saturated rings. The highest BCUT2D eigenvalue weighted by molar-refractivity contribution is 9.10. The number of anilines is 1. The van der Waals surface area contributed by atoms with E-state index in [0.29, 0.717) is 11.4 Å². The average molecular weight is 351 g/mol. The van der Waals surface area contributed by atoms with Crippen LogP contribution < -0.4 is 5.32 Å². The van der Waals surface area contributed by atoms with Crippen LogP contribution in [0.25, 0.3) is 11.0 Å². The van der Waals surface area contributed by atoms with Crippen molar-refractivity contribution in [2.45, 2.75) is 13.5 Å². The molecule has 0 aliphatic rings. The lowest BCUT2D eigenvalue weighted by molar-refractivity contribution is 0.101. The molecule has 1 aromatic carbocycles. The zero-order chi connectivity index (χ0) is 14.1. The van der Waals surface area contributed by atoms with Crippen LogP contribution in [0, 0.1) is 0 Å². The quantitative estimate of drug-likeness (QED) is 0.785. The molecule has 0 atom stereocenters. The average Bonchev–Trinajstić information content (AvgIpc) is 3.05. The van der Waals surface area contributed by atoms with Crippen LogP contribution in [0.2, 0.25) is 0 Å². The van der Waals surface area contributed by atoms with E-state index in [1.54, 1.807) is 6.07 Å². The number of nitrogens with zero attached hydrogens (tertiary/aromatic N) is 3. The molecule has 1 N–H and O–H groups in total. The number of fused-ring (bicyclic) bond motifs is 1. The van der Waals surface area contributed by atoms with E-state index in [2.05, 4.69) is 30.0 Å². The molecule has 0 spiro atoms. The van der Waals surface area contributed by atoms with Crippen molar-refractivity contribution in [3.63, 3.8) is 0 Å². The molecule has 5 nitrogen and oxygen atoms in total. The smallest absolute Gasteiger partial charge is 0.272 e. The SMILES string of the molecule is CCn1cc(Br)cc1C(=O)Nc1cccc2nsnc12. The normalized spacial score (nSPS) is 10.9. The monoisotopic (exact) mass is 350 g/mol. The summed E-state index contributed by atoms with van der Waals surface area (Å²) >= 11 is 4.53. The van der Waals surface area contributed by atoms with Crippen LogP contribution in [0.3, 0.4) is 0 Å². The number of aryl methyl sites for hydroxylation is 1. The Kier molecular flexibility index (Phi) is 3.54. The van der Waals surface area contributed by atoms with Crippen molar-refractivity contribution in [2.75, 3.05) is 5.32 Å². The van der Waals surface area contributed by atoms with Gasteiger partial charge in [-0.15, -0.1) is 0 Å². The van der Waals surface area contributed by atoms with Gasteiger partial charge in [-0.05, 0) is 41.1 Å². The first-order valence-corrected chi connectivity index (χ1v) is 7.59. The van der Waals surface area contributed by atoms with Gasteiger partial charge in [0.25, 0.3) is 5.91 Å². The van der Waals surface area contributed by atoms with E-state index in [4.69, 9.17) is 0 Å². The van der Waals surface area contributed by atoms with Gasteiger partial charge in [-0.25, -0.2) is 0 Å². The molecule has 0 aliphatic carbocycles. The van der Waals surface area contributed by atoms with E-state index < -0.39 is 0 Å². The van der Waals surface area contributed by atoms with E-state index in [-0.39, 0.29) is 5.91 Å². The topological polar surface area (TPSA) is 59.8 Å². The van der Waals surface area contributed by atoms with Crippen LogP contribution in [-0.2, 0) is 6.54 Å². The Labute approximate surface area is 128 Å². The van der Waals surface area contributed by atoms with Gasteiger partial charge in [0, 0.05) is 17.2 Å². The van der Waals surface area contributed by atoms with Crippen LogP contribution in [0.5, 0.6) is 0 Å². The molecule has 0 saturated heterocycles. The number of carbonyl (C=O) groups excluding carboxylic acids is 1. The highest BCUT2D eigenvalue weighted by Crippen LogP contribution is 2.22. The fraction of sp³-hybridized carbons (Fsp3) is 0.154. The molecule has 102 valence electrons. The minimum atomic E-state index is -0.155. The summed E-state index contributed by atoms with van der Waals surface area (Å²) in [6.45, 7) is 2.73. The molecule has 0 aliphatic heterocycles. The van der Waals surface area contributed by atoms with Gasteiger partial charge in [-0.1, -0.05) is 6.07 Å². The number of carbonyl (C=O) groups is 1. The van der Waals surface area contributed by atoms with Crippen LogP contribution in [0.15, 0.2) is 34.9 Å². The maximum Gasteiger partial charge on any atom is 0.272 e. The molecule has 0 bridgehead atoms. The van der Waals surface area contributed by atoms with Crippen LogP contribution in [-0.4, -0.2) is 19.2 Å². The van der Waals surface area contributed by atoms with E-state index in [0.717, 1.165) is 33.8 Å². The van der Waals surface area contributed by atoms with Crippen molar-refractivity contribution >= 4 is 50.3 Å². The maximum absolute atomic E-state index is 12.4. The highest BCUT2D eigenvalue weighted by atomic mass is 79.9. The predicted octanol–water partition coefficient (Wildman–Crippen LogP) is 3.53. The lowest BCUT2D eigenvalue weighted by Gasteiger charge is -2.07. The van der Waals surface area contributed by atoms with Gasteiger partial charge in [0.05, 0.1) is 17.4 Å². The van der Waals surface area contributed by atoms with Crippen molar-refractivity contribution in [1.82, 2.24) is 13.3 Å². The van der Waals surface area contributed by atoms with Crippen molar-refractivity contribution < 1.29 is 4.79 Å². The molecular formula is C13H11BrN4OS. The lowest BCUT2D eigenvalue weighted by Crippen LogP contribution is -2.16. The second kappa shape index (κ2) is 5.34. The second-order valence-corrected chi connectivity index (χ2v) is 5.67. The van der Waals surface area contributed by atoms with Gasteiger partial charge in [-0.3, -0.25) is 4.79 Å². The van der Waals surface area contributed by atoms with Crippen molar-refractivity contribution in [3.05, 3.63) is 40.6 Å². The zero-order valence-electron chi connectivity index (χ0n) is 10.6. The zero-order valence-corrected chi connectivity index (χ0v) is 13.0. The number of hydrogen-bond acceptors (Lipinski definition) is 4. The molecule has 0 saturated carbocycles. The largest absolute Gasteiger partial charge is 0.343 e. The lowest BCUT2D eigenvalue weighted by atomic mass is 10.2. The molecule has 0 radical (unpaired) electrons. The molecule has 20 heavy (non-hydrogen) atoms. The Bertz CT molecular complexity index is 780. The number of hydrogen-bond donors (Lipinski definition) is 1. The van der Waals surface area contributed by atoms with Gasteiger partial charge >= 0.3 is 0 Å². The fourth-order valence-corrected chi connectivity index (χ4v) is 3.03. The van der Waals surface area contributed by atoms with Gasteiger partial charge in [0.1, 0.15) is 16.7 Å². The Hall–Kier alpha value is -1.73. The number of nitrogens with one attached hydrogen (secondary N) is 1. The maximum atomic E-state index is 12.4. The summed E-state index contributed by atoms with van der Waals surface area (Å²) in [5, 5.41) is 2.90. The predicted molar refractivity (Wildman–Crippen MR) is 83.2 cm³/mol. The summed E-state index contributed by atoms with van der Waals surface area (Å²) < 4.78 is 11.2. The minimum absolute atomic E-state index is 0.155. The summed E-state index contributed by atoms with van der Waals surface area (Å²) in [4.78, 5) is 12.4. The summed E-state index contributed by atoms with van der Waals surface area (Å²) in [6, 6.07) is 7.36. The molecule has 1 amide bonds. The second-order valence-electron chi connectivity index (χ2n) is 4.22. The van der Waals surface area contributed by atoms with E-state index in [9.17, 15) is 4.79 Å². The number of halogens is 1. The summed E-state index contributed by atoms with van der Waals surface area (Å²) in [6.07, 6.45) is 1.89. The van der Waals surface area contributed by atoms with Gasteiger partial charge in [0.15, 0.2) is 0 Å². The van der Waals surface area contributed by atoms with Gasteiger partial charge in [0.2, 0.25) is 0 Å².